The summed E-state index contributed by atoms with van der Waals surface area (Å²) in [6.45, 7) is 3.92. The Morgan fingerprint density at radius 1 is 1.31 bits per heavy atom. The molecule has 0 bridgehead atoms. The van der Waals surface area contributed by atoms with E-state index in [0.717, 1.165) is 23.8 Å². The van der Waals surface area contributed by atoms with Crippen LogP contribution in [0.25, 0.3) is 0 Å². The number of aromatic nitrogens is 2. The first kappa shape index (κ1) is 20.9. The minimum Gasteiger partial charge on any atom is -0.487 e. The minimum atomic E-state index is -0.975. The molecule has 0 spiro atoms. The molecule has 1 saturated heterocycles. The molecule has 29 heavy (non-hydrogen) atoms. The maximum Gasteiger partial charge on any atom is 0.345 e. The number of aromatic amines is 1. The molecular weight excluding hydrogens is 384 g/mol. The average Bonchev–Trinajstić information content (AvgIpc) is 2.61. The number of hydrogen-bond acceptors (Lipinski definition) is 5. The molecule has 3 rings (SSSR count). The molecule has 2 aromatic rings. The van der Waals surface area contributed by atoms with E-state index >= 15 is 0 Å². The van der Waals surface area contributed by atoms with Crippen LogP contribution < -0.4 is 10.4 Å². The van der Waals surface area contributed by atoms with Gasteiger partial charge < -0.3 is 19.7 Å². The summed E-state index contributed by atoms with van der Waals surface area (Å²) >= 11 is 0. The number of β-amino-alcohol motifs (C(OH)–C–C–N with tert-alkyl or cyclic N) is 1. The molecular formula is C20H23F2N3O4. The van der Waals surface area contributed by atoms with Crippen LogP contribution >= 0.6 is 0 Å². The topological polar surface area (TPSA) is 95.5 Å². The number of aliphatic hydroxyl groups is 1. The first-order valence-electron chi connectivity index (χ1n) is 9.38. The van der Waals surface area contributed by atoms with Gasteiger partial charge in [-0.15, -0.1) is 0 Å². The van der Waals surface area contributed by atoms with Crippen molar-refractivity contribution in [1.29, 1.82) is 0 Å². The molecule has 1 aliphatic heterocycles. The summed E-state index contributed by atoms with van der Waals surface area (Å²) in [5, 5.41) is 10.3. The van der Waals surface area contributed by atoms with E-state index < -0.39 is 29.5 Å². The second-order valence-corrected chi connectivity index (χ2v) is 7.19. The SMILES string of the molecule is Cc1nc(=O)[nH]c(C)c1CCC(=O)N1CC[C@@H](Oc2cc(F)cc(F)c2)[C@H](O)C1. The van der Waals surface area contributed by atoms with Gasteiger partial charge in [0.25, 0.3) is 0 Å². The average molecular weight is 407 g/mol. The zero-order valence-corrected chi connectivity index (χ0v) is 16.2. The van der Waals surface area contributed by atoms with Crippen molar-refractivity contribution in [3.63, 3.8) is 0 Å². The quantitative estimate of drug-likeness (QED) is 0.786. The van der Waals surface area contributed by atoms with E-state index in [2.05, 4.69) is 9.97 Å². The van der Waals surface area contributed by atoms with Crippen molar-refractivity contribution in [3.8, 4) is 5.75 Å². The number of aliphatic hydroxyl groups excluding tert-OH is 1. The summed E-state index contributed by atoms with van der Waals surface area (Å²) in [6.07, 6.45) is -0.660. The molecule has 9 heteroatoms. The Bertz CT molecular complexity index is 917. The molecule has 0 radical (unpaired) electrons. The Hall–Kier alpha value is -2.81. The largest absolute Gasteiger partial charge is 0.487 e. The zero-order valence-electron chi connectivity index (χ0n) is 16.2. The third-order valence-corrected chi connectivity index (χ3v) is 5.04. The summed E-state index contributed by atoms with van der Waals surface area (Å²) in [6, 6.07) is 2.85. The maximum absolute atomic E-state index is 13.3. The molecule has 7 nitrogen and oxygen atoms in total. The lowest BCUT2D eigenvalue weighted by molar-refractivity contribution is -0.137. The number of H-pyrrole nitrogens is 1. The number of hydrogen-bond donors (Lipinski definition) is 2. The first-order chi connectivity index (χ1) is 13.7. The van der Waals surface area contributed by atoms with Crippen LogP contribution in [0.3, 0.4) is 0 Å². The molecule has 2 N–H and O–H groups in total. The number of likely N-dealkylation sites (tertiary alicyclic amines) is 1. The standard InChI is InChI=1S/C20H23F2N3O4/c1-11-16(12(2)24-20(28)23-11)3-4-19(27)25-6-5-18(17(26)10-25)29-15-8-13(21)7-14(22)9-15/h7-9,17-18,26H,3-6,10H2,1-2H3,(H,23,24,28)/t17-,18-/m1/s1. The maximum atomic E-state index is 13.3. The number of benzene rings is 1. The van der Waals surface area contributed by atoms with E-state index in [0.29, 0.717) is 30.8 Å². The smallest absolute Gasteiger partial charge is 0.345 e. The summed E-state index contributed by atoms with van der Waals surface area (Å²) in [5.41, 5.74) is 1.68. The predicted octanol–water partition coefficient (Wildman–Crippen LogP) is 1.64. The fourth-order valence-corrected chi connectivity index (χ4v) is 3.56. The van der Waals surface area contributed by atoms with Gasteiger partial charge in [0.1, 0.15) is 29.6 Å². The number of piperidine rings is 1. The molecule has 1 aromatic carbocycles. The van der Waals surface area contributed by atoms with Gasteiger partial charge >= 0.3 is 5.69 Å². The zero-order chi connectivity index (χ0) is 21.1. The van der Waals surface area contributed by atoms with Crippen molar-refractivity contribution >= 4 is 5.91 Å². The van der Waals surface area contributed by atoms with Gasteiger partial charge in [-0.3, -0.25) is 4.79 Å². The Kier molecular flexibility index (Phi) is 6.26. The van der Waals surface area contributed by atoms with Crippen LogP contribution in [0.15, 0.2) is 23.0 Å². The van der Waals surface area contributed by atoms with Gasteiger partial charge in [0.2, 0.25) is 5.91 Å². The second kappa shape index (κ2) is 8.69. The predicted molar refractivity (Wildman–Crippen MR) is 101 cm³/mol. The van der Waals surface area contributed by atoms with E-state index in [4.69, 9.17) is 4.74 Å². The van der Waals surface area contributed by atoms with Crippen molar-refractivity contribution in [3.05, 3.63) is 57.3 Å². The van der Waals surface area contributed by atoms with E-state index in [-0.39, 0.29) is 24.6 Å². The summed E-state index contributed by atoms with van der Waals surface area (Å²) < 4.78 is 32.1. The Labute approximate surface area is 166 Å². The number of nitrogens with zero attached hydrogens (tertiary/aromatic N) is 2. The fourth-order valence-electron chi connectivity index (χ4n) is 3.56. The molecule has 1 aliphatic rings. The van der Waals surface area contributed by atoms with E-state index in [1.54, 1.807) is 18.7 Å². The van der Waals surface area contributed by atoms with Gasteiger partial charge in [-0.25, -0.2) is 13.6 Å². The van der Waals surface area contributed by atoms with Crippen molar-refractivity contribution in [2.75, 3.05) is 13.1 Å². The molecule has 0 unspecified atom stereocenters. The van der Waals surface area contributed by atoms with Gasteiger partial charge in [-0.1, -0.05) is 0 Å². The molecule has 0 saturated carbocycles. The Balaban J connectivity index is 1.56. The normalized spacial score (nSPS) is 19.3. The van der Waals surface area contributed by atoms with Crippen LogP contribution in [-0.2, 0) is 11.2 Å². The van der Waals surface area contributed by atoms with Gasteiger partial charge in [-0.2, -0.15) is 4.98 Å². The number of aryl methyl sites for hydroxylation is 2. The van der Waals surface area contributed by atoms with Crippen LogP contribution in [0.1, 0.15) is 29.8 Å². The lowest BCUT2D eigenvalue weighted by atomic mass is 10.0. The van der Waals surface area contributed by atoms with E-state index in [1.165, 1.54) is 0 Å². The van der Waals surface area contributed by atoms with Gasteiger partial charge in [0, 0.05) is 49.0 Å². The van der Waals surface area contributed by atoms with E-state index in [9.17, 15) is 23.5 Å². The summed E-state index contributed by atoms with van der Waals surface area (Å²) in [4.78, 5) is 31.9. The second-order valence-electron chi connectivity index (χ2n) is 7.19. The number of carbonyl (C=O) groups is 1. The minimum absolute atomic E-state index is 0.00264. The molecule has 2 heterocycles. The first-order valence-corrected chi connectivity index (χ1v) is 9.38. The Morgan fingerprint density at radius 3 is 2.62 bits per heavy atom. The highest BCUT2D eigenvalue weighted by Crippen LogP contribution is 2.22. The highest BCUT2D eigenvalue weighted by Gasteiger charge is 2.31. The third kappa shape index (κ3) is 5.17. The Morgan fingerprint density at radius 2 is 2.00 bits per heavy atom. The van der Waals surface area contributed by atoms with Crippen molar-refractivity contribution < 1.29 is 23.4 Å². The number of rotatable bonds is 5. The molecule has 156 valence electrons. The van der Waals surface area contributed by atoms with Gasteiger partial charge in [-0.05, 0) is 25.8 Å². The van der Waals surface area contributed by atoms with Gasteiger partial charge in [0.05, 0.1) is 6.54 Å². The highest BCUT2D eigenvalue weighted by atomic mass is 19.1. The number of halogens is 2. The van der Waals surface area contributed by atoms with Crippen molar-refractivity contribution in [2.45, 2.75) is 45.3 Å². The van der Waals surface area contributed by atoms with E-state index in [1.807, 2.05) is 0 Å². The number of ether oxygens (including phenoxy) is 1. The van der Waals surface area contributed by atoms with Gasteiger partial charge in [0.15, 0.2) is 0 Å². The molecule has 1 fully saturated rings. The van der Waals surface area contributed by atoms with Crippen molar-refractivity contribution in [2.24, 2.45) is 0 Å². The van der Waals surface area contributed by atoms with Crippen LogP contribution in [-0.4, -0.2) is 51.2 Å². The van der Waals surface area contributed by atoms with Crippen LogP contribution in [0, 0.1) is 25.5 Å². The van der Waals surface area contributed by atoms with Crippen molar-refractivity contribution in [1.82, 2.24) is 14.9 Å². The lowest BCUT2D eigenvalue weighted by Crippen LogP contribution is -2.51. The molecule has 0 aliphatic carbocycles. The monoisotopic (exact) mass is 407 g/mol. The summed E-state index contributed by atoms with van der Waals surface area (Å²) in [7, 11) is 0. The third-order valence-electron chi connectivity index (χ3n) is 5.04. The van der Waals surface area contributed by atoms with Crippen LogP contribution in [0.4, 0.5) is 8.78 Å². The molecule has 1 aromatic heterocycles. The number of carbonyl (C=O) groups excluding carboxylic acids is 1. The molecule has 1 amide bonds. The van der Waals surface area contributed by atoms with Crippen LogP contribution in [0.2, 0.25) is 0 Å². The number of nitrogens with one attached hydrogen (secondary N) is 1. The lowest BCUT2D eigenvalue weighted by Gasteiger charge is -2.36. The molecule has 2 atom stereocenters. The number of amides is 1. The van der Waals surface area contributed by atoms with Crippen LogP contribution in [0.5, 0.6) is 5.75 Å². The highest BCUT2D eigenvalue weighted by molar-refractivity contribution is 5.76. The summed E-state index contributed by atoms with van der Waals surface area (Å²) in [5.74, 6) is -1.65. The fraction of sp³-hybridized carbons (Fsp3) is 0.450.